The summed E-state index contributed by atoms with van der Waals surface area (Å²) in [5.74, 6) is -0.764. The molecule has 19 heavy (non-hydrogen) atoms. The van der Waals surface area contributed by atoms with Gasteiger partial charge >= 0.3 is 0 Å². The molecule has 0 spiro atoms. The first-order valence-corrected chi connectivity index (χ1v) is 6.44. The molecule has 3 heteroatoms. The van der Waals surface area contributed by atoms with Crippen LogP contribution in [-0.2, 0) is 13.0 Å². The Morgan fingerprint density at radius 2 is 1.74 bits per heavy atom. The van der Waals surface area contributed by atoms with Gasteiger partial charge in [-0.25, -0.2) is 8.78 Å². The topological polar surface area (TPSA) is 12.0 Å². The van der Waals surface area contributed by atoms with E-state index in [1.807, 2.05) is 18.2 Å². The number of hydrogen-bond acceptors (Lipinski definition) is 1. The highest BCUT2D eigenvalue weighted by atomic mass is 19.1. The zero-order chi connectivity index (χ0) is 13.5. The minimum absolute atomic E-state index is 0.360. The summed E-state index contributed by atoms with van der Waals surface area (Å²) >= 11 is 0. The summed E-state index contributed by atoms with van der Waals surface area (Å²) in [6.45, 7) is 1.14. The van der Waals surface area contributed by atoms with Crippen LogP contribution in [0.25, 0.3) is 0 Å². The van der Waals surface area contributed by atoms with Gasteiger partial charge in [0.25, 0.3) is 0 Å². The molecule has 0 saturated carbocycles. The maximum Gasteiger partial charge on any atom is 0.127 e. The van der Waals surface area contributed by atoms with Gasteiger partial charge in [-0.3, -0.25) is 0 Å². The van der Waals surface area contributed by atoms with E-state index in [9.17, 15) is 8.78 Å². The van der Waals surface area contributed by atoms with E-state index in [4.69, 9.17) is 0 Å². The molecule has 0 heterocycles. The van der Waals surface area contributed by atoms with Gasteiger partial charge in [0.15, 0.2) is 0 Å². The van der Waals surface area contributed by atoms with Gasteiger partial charge in [0.05, 0.1) is 0 Å². The zero-order valence-electron chi connectivity index (χ0n) is 10.7. The third-order valence-corrected chi connectivity index (χ3v) is 2.99. The lowest BCUT2D eigenvalue weighted by Gasteiger charge is -2.06. The Bertz CT molecular complexity index is 511. The first kappa shape index (κ1) is 13.7. The van der Waals surface area contributed by atoms with Crippen molar-refractivity contribution in [2.45, 2.75) is 19.4 Å². The fourth-order valence-corrected chi connectivity index (χ4v) is 1.96. The fourth-order valence-electron chi connectivity index (χ4n) is 1.96. The summed E-state index contributed by atoms with van der Waals surface area (Å²) in [5.41, 5.74) is 1.67. The van der Waals surface area contributed by atoms with Gasteiger partial charge in [-0.05, 0) is 43.1 Å². The average molecular weight is 261 g/mol. The molecule has 2 aromatic carbocycles. The van der Waals surface area contributed by atoms with Crippen molar-refractivity contribution in [3.05, 3.63) is 71.3 Å². The van der Waals surface area contributed by atoms with E-state index in [2.05, 4.69) is 17.4 Å². The highest BCUT2D eigenvalue weighted by Crippen LogP contribution is 2.09. The summed E-state index contributed by atoms with van der Waals surface area (Å²) in [5, 5.41) is 3.13. The molecular formula is C16H17F2N. The number of nitrogens with one attached hydrogen (secondary N) is 1. The molecule has 1 N–H and O–H groups in total. The molecule has 0 aliphatic heterocycles. The molecule has 2 rings (SSSR count). The highest BCUT2D eigenvalue weighted by Gasteiger charge is 2.02. The van der Waals surface area contributed by atoms with Crippen LogP contribution in [0.1, 0.15) is 17.5 Å². The second-order valence-electron chi connectivity index (χ2n) is 4.50. The van der Waals surface area contributed by atoms with Gasteiger partial charge < -0.3 is 5.32 Å². The van der Waals surface area contributed by atoms with E-state index >= 15 is 0 Å². The Morgan fingerprint density at radius 3 is 2.53 bits per heavy atom. The van der Waals surface area contributed by atoms with E-state index in [1.54, 1.807) is 0 Å². The van der Waals surface area contributed by atoms with Crippen molar-refractivity contribution in [3.63, 3.8) is 0 Å². The predicted molar refractivity (Wildman–Crippen MR) is 72.8 cm³/mol. The van der Waals surface area contributed by atoms with Crippen molar-refractivity contribution in [1.29, 1.82) is 0 Å². The minimum atomic E-state index is -0.400. The zero-order valence-corrected chi connectivity index (χ0v) is 10.7. The average Bonchev–Trinajstić information content (AvgIpc) is 2.43. The molecule has 0 unspecified atom stereocenters. The number of aryl methyl sites for hydroxylation is 1. The van der Waals surface area contributed by atoms with Crippen LogP contribution in [0.3, 0.4) is 0 Å². The molecule has 0 radical (unpaired) electrons. The lowest BCUT2D eigenvalue weighted by Crippen LogP contribution is -2.16. The van der Waals surface area contributed by atoms with Crippen LogP contribution in [0.2, 0.25) is 0 Å². The smallest absolute Gasteiger partial charge is 0.127 e. The monoisotopic (exact) mass is 261 g/mol. The third kappa shape index (κ3) is 4.45. The van der Waals surface area contributed by atoms with Crippen LogP contribution in [0.4, 0.5) is 8.78 Å². The van der Waals surface area contributed by atoms with Gasteiger partial charge in [0.1, 0.15) is 11.6 Å². The Balaban J connectivity index is 1.71. The van der Waals surface area contributed by atoms with Crippen LogP contribution < -0.4 is 5.32 Å². The van der Waals surface area contributed by atoms with Crippen LogP contribution in [0, 0.1) is 11.6 Å². The van der Waals surface area contributed by atoms with Crippen molar-refractivity contribution in [2.75, 3.05) is 6.54 Å². The minimum Gasteiger partial charge on any atom is -0.313 e. The molecule has 2 aromatic rings. The normalized spacial score (nSPS) is 10.6. The van der Waals surface area contributed by atoms with Crippen molar-refractivity contribution in [1.82, 2.24) is 5.32 Å². The largest absolute Gasteiger partial charge is 0.313 e. The molecule has 0 bridgehead atoms. The van der Waals surface area contributed by atoms with Crippen molar-refractivity contribution < 1.29 is 8.78 Å². The second-order valence-corrected chi connectivity index (χ2v) is 4.50. The van der Waals surface area contributed by atoms with E-state index in [1.165, 1.54) is 11.6 Å². The van der Waals surface area contributed by atoms with Crippen molar-refractivity contribution in [2.24, 2.45) is 0 Å². The molecule has 0 saturated heterocycles. The molecule has 0 aliphatic carbocycles. The Labute approximate surface area is 112 Å². The second kappa shape index (κ2) is 7.00. The SMILES string of the molecule is Fc1ccc(F)c(CNCCCc2ccccc2)c1. The molecule has 1 nitrogen and oxygen atoms in total. The summed E-state index contributed by atoms with van der Waals surface area (Å²) in [6, 6.07) is 13.7. The van der Waals surface area contributed by atoms with Gasteiger partial charge in [0, 0.05) is 12.1 Å². The van der Waals surface area contributed by atoms with Gasteiger partial charge in [-0.2, -0.15) is 0 Å². The molecular weight excluding hydrogens is 244 g/mol. The molecule has 0 atom stereocenters. The van der Waals surface area contributed by atoms with Crippen LogP contribution in [0.5, 0.6) is 0 Å². The van der Waals surface area contributed by atoms with Crippen molar-refractivity contribution >= 4 is 0 Å². The summed E-state index contributed by atoms with van der Waals surface area (Å²) in [6.07, 6.45) is 1.96. The van der Waals surface area contributed by atoms with Crippen LogP contribution in [-0.4, -0.2) is 6.54 Å². The molecule has 0 amide bonds. The van der Waals surface area contributed by atoms with Crippen molar-refractivity contribution in [3.8, 4) is 0 Å². The number of hydrogen-bond donors (Lipinski definition) is 1. The first-order chi connectivity index (χ1) is 9.25. The fraction of sp³-hybridized carbons (Fsp3) is 0.250. The summed E-state index contributed by atoms with van der Waals surface area (Å²) < 4.78 is 26.3. The van der Waals surface area contributed by atoms with Gasteiger partial charge in [0.2, 0.25) is 0 Å². The number of rotatable bonds is 6. The Morgan fingerprint density at radius 1 is 0.947 bits per heavy atom. The standard InChI is InChI=1S/C16H17F2N/c17-15-8-9-16(18)14(11-15)12-19-10-4-7-13-5-2-1-3-6-13/h1-3,5-6,8-9,11,19H,4,7,10,12H2. The van der Waals surface area contributed by atoms with E-state index in [-0.39, 0.29) is 5.82 Å². The van der Waals surface area contributed by atoms with Crippen LogP contribution >= 0.6 is 0 Å². The molecule has 0 fully saturated rings. The van der Waals surface area contributed by atoms with E-state index in [0.29, 0.717) is 12.1 Å². The van der Waals surface area contributed by atoms with E-state index < -0.39 is 5.82 Å². The third-order valence-electron chi connectivity index (χ3n) is 2.99. The number of benzene rings is 2. The quantitative estimate of drug-likeness (QED) is 0.782. The van der Waals surface area contributed by atoms with Gasteiger partial charge in [-0.1, -0.05) is 30.3 Å². The van der Waals surface area contributed by atoms with Gasteiger partial charge in [-0.15, -0.1) is 0 Å². The molecule has 0 aromatic heterocycles. The Kier molecular flexibility index (Phi) is 5.04. The lowest BCUT2D eigenvalue weighted by atomic mass is 10.1. The first-order valence-electron chi connectivity index (χ1n) is 6.44. The predicted octanol–water partition coefficient (Wildman–Crippen LogP) is 3.69. The molecule has 100 valence electrons. The number of halogens is 2. The maximum absolute atomic E-state index is 13.3. The molecule has 0 aliphatic rings. The lowest BCUT2D eigenvalue weighted by molar-refractivity contribution is 0.565. The summed E-state index contributed by atoms with van der Waals surface area (Å²) in [7, 11) is 0. The van der Waals surface area contributed by atoms with E-state index in [0.717, 1.165) is 31.5 Å². The highest BCUT2D eigenvalue weighted by molar-refractivity contribution is 5.18. The maximum atomic E-state index is 13.3. The summed E-state index contributed by atoms with van der Waals surface area (Å²) in [4.78, 5) is 0. The van der Waals surface area contributed by atoms with Crippen LogP contribution in [0.15, 0.2) is 48.5 Å². The Hall–Kier alpha value is -1.74.